The minimum atomic E-state index is -0.718. The van der Waals surface area contributed by atoms with Crippen molar-refractivity contribution in [1.29, 1.82) is 5.26 Å². The molecule has 5 heterocycles. The number of likely N-dealkylation sites (N-methyl/N-ethyl adjacent to an activating group) is 1. The average molecular weight is 586 g/mol. The SMILES string of the molecule is CN1CCN(CC(=O)N2C[C@@H]3[C@H](C2)[C@]3(C#N)c2ccc(-c3ccc(N4C[C@H](Cn5ccnn5)OC4=O)cc3F)cn2)CC1. The first kappa shape index (κ1) is 27.4. The van der Waals surface area contributed by atoms with Crippen LogP contribution < -0.4 is 4.90 Å². The van der Waals surface area contributed by atoms with Crippen LogP contribution in [0.2, 0.25) is 0 Å². The molecule has 0 bridgehead atoms. The topological polar surface area (TPSA) is 124 Å². The summed E-state index contributed by atoms with van der Waals surface area (Å²) < 4.78 is 22.3. The molecule has 1 aliphatic carbocycles. The Morgan fingerprint density at radius 1 is 1.14 bits per heavy atom. The molecule has 12 nitrogen and oxygen atoms in total. The standard InChI is InChI=1S/C30H32FN9O3/c1-36-8-10-37(11-9-36)18-28(41)38-16-24-25(17-38)30(24,19-32)27-5-2-20(13-33-27)23-4-3-21(12-26(23)31)40-15-22(43-29(40)42)14-39-7-6-34-35-39/h2-7,12-13,22,24-25H,8-11,14-18H2,1H3/t22-,24-,25+,30-/m0/s1. The lowest BCUT2D eigenvalue weighted by Gasteiger charge is -2.33. The van der Waals surface area contributed by atoms with Crippen molar-refractivity contribution in [1.82, 2.24) is 34.7 Å². The Labute approximate surface area is 248 Å². The first-order chi connectivity index (χ1) is 20.9. The van der Waals surface area contributed by atoms with Gasteiger partial charge < -0.3 is 14.5 Å². The van der Waals surface area contributed by atoms with Crippen molar-refractivity contribution >= 4 is 17.7 Å². The minimum Gasteiger partial charge on any atom is -0.442 e. The Hall–Kier alpha value is -4.41. The first-order valence-electron chi connectivity index (χ1n) is 14.5. The van der Waals surface area contributed by atoms with Crippen LogP contribution in [0.3, 0.4) is 0 Å². The van der Waals surface area contributed by atoms with Gasteiger partial charge in [-0.05, 0) is 31.3 Å². The molecule has 7 rings (SSSR count). The summed E-state index contributed by atoms with van der Waals surface area (Å²) in [6.45, 7) is 5.87. The molecule has 3 aromatic rings. The largest absolute Gasteiger partial charge is 0.442 e. The van der Waals surface area contributed by atoms with Crippen molar-refractivity contribution in [3.05, 3.63) is 60.4 Å². The third-order valence-electron chi connectivity index (χ3n) is 9.37. The van der Waals surface area contributed by atoms with Crippen LogP contribution in [0.15, 0.2) is 48.9 Å². The zero-order valence-electron chi connectivity index (χ0n) is 23.8. The van der Waals surface area contributed by atoms with Crippen molar-refractivity contribution in [2.24, 2.45) is 11.8 Å². The maximum Gasteiger partial charge on any atom is 0.414 e. The number of piperazine rings is 1. The number of pyridine rings is 1. The number of hydrogen-bond acceptors (Lipinski definition) is 9. The zero-order valence-corrected chi connectivity index (χ0v) is 23.8. The van der Waals surface area contributed by atoms with Crippen LogP contribution in [0.25, 0.3) is 11.1 Å². The van der Waals surface area contributed by atoms with Crippen molar-refractivity contribution in [2.45, 2.75) is 18.1 Å². The van der Waals surface area contributed by atoms with Crippen LogP contribution in [0.5, 0.6) is 0 Å². The normalized spacial score (nSPS) is 27.2. The van der Waals surface area contributed by atoms with E-state index >= 15 is 4.39 Å². The fourth-order valence-electron chi connectivity index (χ4n) is 6.80. The van der Waals surface area contributed by atoms with Gasteiger partial charge in [-0.1, -0.05) is 11.3 Å². The molecular formula is C30H32FN9O3. The summed E-state index contributed by atoms with van der Waals surface area (Å²) in [5.41, 5.74) is 1.26. The van der Waals surface area contributed by atoms with Gasteiger partial charge in [0.05, 0.1) is 43.3 Å². The molecule has 1 saturated carbocycles. The highest BCUT2D eigenvalue weighted by Crippen LogP contribution is 2.62. The van der Waals surface area contributed by atoms with Crippen LogP contribution in [0.1, 0.15) is 5.69 Å². The Bertz CT molecular complexity index is 1550. The van der Waals surface area contributed by atoms with Crippen LogP contribution in [0, 0.1) is 29.0 Å². The lowest BCUT2D eigenvalue weighted by atomic mass is 9.95. The molecule has 3 saturated heterocycles. The number of nitrogens with zero attached hydrogens (tertiary/aromatic N) is 9. The van der Waals surface area contributed by atoms with Gasteiger partial charge in [0.1, 0.15) is 17.3 Å². The summed E-state index contributed by atoms with van der Waals surface area (Å²) in [6, 6.07) is 10.7. The number of rotatable bonds is 7. The van der Waals surface area contributed by atoms with Gasteiger partial charge in [-0.15, -0.1) is 5.10 Å². The number of aromatic nitrogens is 4. The summed E-state index contributed by atoms with van der Waals surface area (Å²) in [5.74, 6) is -0.264. The number of nitriles is 1. The van der Waals surface area contributed by atoms with Gasteiger partial charge in [0.15, 0.2) is 0 Å². The highest BCUT2D eigenvalue weighted by Gasteiger charge is 2.71. The van der Waals surface area contributed by atoms with Crippen molar-refractivity contribution in [3.8, 4) is 17.2 Å². The predicted octanol–water partition coefficient (Wildman–Crippen LogP) is 1.60. The highest BCUT2D eigenvalue weighted by atomic mass is 19.1. The Kier molecular flexibility index (Phi) is 6.82. The van der Waals surface area contributed by atoms with Crippen molar-refractivity contribution in [2.75, 3.05) is 64.3 Å². The molecule has 0 spiro atoms. The zero-order chi connectivity index (χ0) is 29.7. The number of carbonyl (C=O) groups excluding carboxylic acids is 2. The lowest BCUT2D eigenvalue weighted by Crippen LogP contribution is -2.49. The monoisotopic (exact) mass is 585 g/mol. The van der Waals surface area contributed by atoms with Crippen LogP contribution in [-0.2, 0) is 21.5 Å². The van der Waals surface area contributed by atoms with Crippen LogP contribution in [-0.4, -0.2) is 112 Å². The van der Waals surface area contributed by atoms with E-state index in [0.29, 0.717) is 48.7 Å². The molecule has 0 unspecified atom stereocenters. The van der Waals surface area contributed by atoms with Gasteiger partial charge in [-0.25, -0.2) is 13.9 Å². The summed E-state index contributed by atoms with van der Waals surface area (Å²) in [5, 5.41) is 17.8. The fraction of sp³-hybridized carbons (Fsp3) is 0.467. The van der Waals surface area contributed by atoms with E-state index in [9.17, 15) is 14.9 Å². The molecule has 13 heteroatoms. The van der Waals surface area contributed by atoms with Gasteiger partial charge in [0.2, 0.25) is 5.91 Å². The second-order valence-corrected chi connectivity index (χ2v) is 11.9. The van der Waals surface area contributed by atoms with Gasteiger partial charge >= 0.3 is 6.09 Å². The van der Waals surface area contributed by atoms with Gasteiger partial charge in [-0.3, -0.25) is 19.6 Å². The fourth-order valence-corrected chi connectivity index (χ4v) is 6.80. The van der Waals surface area contributed by atoms with Crippen LogP contribution >= 0.6 is 0 Å². The van der Waals surface area contributed by atoms with E-state index in [1.54, 1.807) is 47.5 Å². The number of ether oxygens (including phenoxy) is 1. The molecule has 0 N–H and O–H groups in total. The smallest absolute Gasteiger partial charge is 0.414 e. The molecule has 4 fully saturated rings. The molecule has 222 valence electrons. The van der Waals surface area contributed by atoms with E-state index in [-0.39, 0.29) is 24.3 Å². The van der Waals surface area contributed by atoms with Crippen molar-refractivity contribution < 1.29 is 18.7 Å². The quantitative estimate of drug-likeness (QED) is 0.407. The van der Waals surface area contributed by atoms with E-state index in [0.717, 1.165) is 26.2 Å². The summed E-state index contributed by atoms with van der Waals surface area (Å²) in [6.07, 6.45) is 3.86. The summed E-state index contributed by atoms with van der Waals surface area (Å²) >= 11 is 0. The predicted molar refractivity (Wildman–Crippen MR) is 152 cm³/mol. The highest BCUT2D eigenvalue weighted by molar-refractivity contribution is 5.90. The molecule has 4 atom stereocenters. The van der Waals surface area contributed by atoms with E-state index in [2.05, 4.69) is 38.2 Å². The molecule has 0 radical (unpaired) electrons. The number of likely N-dealkylation sites (tertiary alicyclic amines) is 1. The Morgan fingerprint density at radius 2 is 1.93 bits per heavy atom. The third-order valence-corrected chi connectivity index (χ3v) is 9.37. The van der Waals surface area contributed by atoms with Gasteiger partial charge in [0.25, 0.3) is 0 Å². The number of piperidine rings is 1. The minimum absolute atomic E-state index is 0.0527. The number of carbonyl (C=O) groups is 2. The second-order valence-electron chi connectivity index (χ2n) is 11.9. The molecule has 4 aliphatic rings. The second kappa shape index (κ2) is 10.7. The van der Waals surface area contributed by atoms with Crippen molar-refractivity contribution in [3.63, 3.8) is 0 Å². The van der Waals surface area contributed by atoms with E-state index in [1.807, 2.05) is 4.90 Å². The number of benzene rings is 1. The number of hydrogen-bond donors (Lipinski definition) is 0. The molecule has 1 aromatic carbocycles. The maximum atomic E-state index is 15.3. The van der Waals surface area contributed by atoms with E-state index in [1.165, 1.54) is 11.0 Å². The lowest BCUT2D eigenvalue weighted by molar-refractivity contribution is -0.132. The van der Waals surface area contributed by atoms with E-state index < -0.39 is 23.4 Å². The average Bonchev–Trinajstić information content (AvgIpc) is 3.51. The van der Waals surface area contributed by atoms with Gasteiger partial charge in [0, 0.05) is 74.6 Å². The Morgan fingerprint density at radius 3 is 2.58 bits per heavy atom. The Balaban J connectivity index is 0.991. The molecule has 43 heavy (non-hydrogen) atoms. The van der Waals surface area contributed by atoms with Gasteiger partial charge in [-0.2, -0.15) is 5.26 Å². The first-order valence-corrected chi connectivity index (χ1v) is 14.5. The summed E-state index contributed by atoms with van der Waals surface area (Å²) in [7, 11) is 2.09. The number of anilines is 1. The summed E-state index contributed by atoms with van der Waals surface area (Å²) in [4.78, 5) is 37.8. The van der Waals surface area contributed by atoms with E-state index in [4.69, 9.17) is 4.74 Å². The number of fused-ring (bicyclic) bond motifs is 1. The molecule has 2 aromatic heterocycles. The number of amides is 2. The molecule has 2 amide bonds. The number of halogens is 1. The maximum absolute atomic E-state index is 15.3. The third kappa shape index (κ3) is 4.90. The molecule has 3 aliphatic heterocycles. The molecular weight excluding hydrogens is 553 g/mol. The van der Waals surface area contributed by atoms with Crippen LogP contribution in [0.4, 0.5) is 14.9 Å². The number of cyclic esters (lactones) is 1.